The number of carbonyl (C=O) groups is 2. The van der Waals surface area contributed by atoms with Crippen molar-refractivity contribution in [2.45, 2.75) is 0 Å². The molecule has 2 amide bonds. The monoisotopic (exact) mass is 342 g/mol. The Morgan fingerprint density at radius 3 is 2.21 bits per heavy atom. The summed E-state index contributed by atoms with van der Waals surface area (Å²) in [6, 6.07) is 9.33. The largest absolute Gasteiger partial charge is 0.444 e. The van der Waals surface area contributed by atoms with Crippen molar-refractivity contribution >= 4 is 39.3 Å². The van der Waals surface area contributed by atoms with Crippen LogP contribution in [0.25, 0.3) is 0 Å². The molecule has 0 atom stereocenters. The molecule has 1 aromatic heterocycles. The van der Waals surface area contributed by atoms with E-state index in [9.17, 15) is 9.59 Å². The molecule has 0 unspecified atom stereocenters. The average Bonchev–Trinajstić information content (AvgIpc) is 2.83. The Balaban J connectivity index is 1.93. The highest BCUT2D eigenvalue weighted by Crippen LogP contribution is 2.13. The van der Waals surface area contributed by atoms with Gasteiger partial charge in [-0.05, 0) is 52.3 Å². The van der Waals surface area contributed by atoms with Crippen LogP contribution in [0, 0.1) is 0 Å². The van der Waals surface area contributed by atoms with E-state index in [1.807, 2.05) is 0 Å². The van der Waals surface area contributed by atoms with Gasteiger partial charge in [0.1, 0.15) is 0 Å². The first-order chi connectivity index (χ1) is 9.06. The number of rotatable bonds is 2. The lowest BCUT2D eigenvalue weighted by molar-refractivity contribution is 0.0830. The first-order valence-corrected chi connectivity index (χ1v) is 6.35. The fourth-order valence-corrected chi connectivity index (χ4v) is 1.72. The molecular formula is C12H8BrClN2O3. The minimum atomic E-state index is -0.548. The summed E-state index contributed by atoms with van der Waals surface area (Å²) in [5, 5.41) is 0.529. The van der Waals surface area contributed by atoms with E-state index in [0.717, 1.165) is 0 Å². The fraction of sp³-hybridized carbons (Fsp3) is 0. The molecule has 0 saturated heterocycles. The first-order valence-electron chi connectivity index (χ1n) is 5.18. The van der Waals surface area contributed by atoms with Gasteiger partial charge in [0.2, 0.25) is 0 Å². The summed E-state index contributed by atoms with van der Waals surface area (Å²) < 4.78 is 5.47. The second kappa shape index (κ2) is 5.90. The standard InChI is InChI=1S/C12H8BrClN2O3/c13-10-6-5-9(19-10)12(18)16-15-11(17)7-1-3-8(14)4-2-7/h1-6H,(H,15,17)(H,16,18). The fourth-order valence-electron chi connectivity index (χ4n) is 1.28. The molecule has 0 aliphatic heterocycles. The van der Waals surface area contributed by atoms with Gasteiger partial charge in [-0.3, -0.25) is 20.4 Å². The van der Waals surface area contributed by atoms with Gasteiger partial charge >= 0.3 is 5.91 Å². The van der Waals surface area contributed by atoms with Crippen LogP contribution in [0.3, 0.4) is 0 Å². The van der Waals surface area contributed by atoms with E-state index in [1.54, 1.807) is 30.3 Å². The predicted molar refractivity (Wildman–Crippen MR) is 72.8 cm³/mol. The molecule has 98 valence electrons. The summed E-state index contributed by atoms with van der Waals surface area (Å²) in [5.41, 5.74) is 4.89. The number of halogens is 2. The SMILES string of the molecule is O=C(NNC(=O)c1ccc(Br)o1)c1ccc(Cl)cc1. The van der Waals surface area contributed by atoms with E-state index in [4.69, 9.17) is 16.0 Å². The van der Waals surface area contributed by atoms with Crippen molar-refractivity contribution in [3.05, 3.63) is 57.4 Å². The molecule has 0 radical (unpaired) electrons. The molecule has 1 heterocycles. The highest BCUT2D eigenvalue weighted by molar-refractivity contribution is 9.10. The molecule has 0 spiro atoms. The zero-order valence-corrected chi connectivity index (χ0v) is 11.8. The third-order valence-corrected chi connectivity index (χ3v) is 2.87. The van der Waals surface area contributed by atoms with Crippen LogP contribution in [0.1, 0.15) is 20.9 Å². The van der Waals surface area contributed by atoms with Crippen LogP contribution in [0.2, 0.25) is 5.02 Å². The van der Waals surface area contributed by atoms with Crippen molar-refractivity contribution in [3.8, 4) is 0 Å². The van der Waals surface area contributed by atoms with Crippen LogP contribution in [0.5, 0.6) is 0 Å². The summed E-state index contributed by atoms with van der Waals surface area (Å²) in [5.74, 6) is -0.910. The van der Waals surface area contributed by atoms with E-state index in [2.05, 4.69) is 26.8 Å². The minimum Gasteiger partial charge on any atom is -0.444 e. The van der Waals surface area contributed by atoms with Crippen molar-refractivity contribution in [1.29, 1.82) is 0 Å². The molecular weight excluding hydrogens is 336 g/mol. The Labute approximate surface area is 122 Å². The van der Waals surface area contributed by atoms with Gasteiger partial charge in [-0.1, -0.05) is 11.6 Å². The highest BCUT2D eigenvalue weighted by Gasteiger charge is 2.12. The molecule has 0 aliphatic carbocycles. The number of hydrogen-bond donors (Lipinski definition) is 2. The predicted octanol–water partition coefficient (Wildman–Crippen LogP) is 2.77. The van der Waals surface area contributed by atoms with E-state index >= 15 is 0 Å². The van der Waals surface area contributed by atoms with Gasteiger partial charge in [-0.15, -0.1) is 0 Å². The molecule has 2 rings (SSSR count). The smallest absolute Gasteiger partial charge is 0.305 e. The summed E-state index contributed by atoms with van der Waals surface area (Å²) in [6.07, 6.45) is 0. The Hall–Kier alpha value is -1.79. The van der Waals surface area contributed by atoms with Crippen LogP contribution in [-0.4, -0.2) is 11.8 Å². The van der Waals surface area contributed by atoms with Crippen LogP contribution >= 0.6 is 27.5 Å². The maximum absolute atomic E-state index is 11.7. The molecule has 2 aromatic rings. The van der Waals surface area contributed by atoms with Crippen molar-refractivity contribution in [3.63, 3.8) is 0 Å². The Morgan fingerprint density at radius 2 is 1.63 bits per heavy atom. The lowest BCUT2D eigenvalue weighted by Gasteiger charge is -2.05. The number of nitrogens with one attached hydrogen (secondary N) is 2. The second-order valence-electron chi connectivity index (χ2n) is 3.52. The number of furan rings is 1. The maximum atomic E-state index is 11.7. The van der Waals surface area contributed by atoms with E-state index in [-0.39, 0.29) is 5.76 Å². The zero-order valence-electron chi connectivity index (χ0n) is 9.44. The van der Waals surface area contributed by atoms with Crippen molar-refractivity contribution in [1.82, 2.24) is 10.9 Å². The third-order valence-electron chi connectivity index (χ3n) is 2.19. The van der Waals surface area contributed by atoms with E-state index < -0.39 is 11.8 Å². The van der Waals surface area contributed by atoms with Gasteiger partial charge in [0.15, 0.2) is 10.4 Å². The van der Waals surface area contributed by atoms with E-state index in [1.165, 1.54) is 6.07 Å². The van der Waals surface area contributed by atoms with Crippen LogP contribution < -0.4 is 10.9 Å². The van der Waals surface area contributed by atoms with Crippen LogP contribution in [0.4, 0.5) is 0 Å². The lowest BCUT2D eigenvalue weighted by atomic mass is 10.2. The Bertz CT molecular complexity index is 610. The summed E-state index contributed by atoms with van der Waals surface area (Å²) in [6.45, 7) is 0. The summed E-state index contributed by atoms with van der Waals surface area (Å²) >= 11 is 8.79. The average molecular weight is 344 g/mol. The second-order valence-corrected chi connectivity index (χ2v) is 4.74. The Kier molecular flexibility index (Phi) is 4.24. The Morgan fingerprint density at radius 1 is 1.00 bits per heavy atom. The quantitative estimate of drug-likeness (QED) is 0.824. The van der Waals surface area contributed by atoms with Gasteiger partial charge in [0, 0.05) is 10.6 Å². The van der Waals surface area contributed by atoms with Crippen molar-refractivity contribution in [2.24, 2.45) is 0 Å². The van der Waals surface area contributed by atoms with Crippen LogP contribution in [0.15, 0.2) is 45.5 Å². The summed E-state index contributed by atoms with van der Waals surface area (Å²) in [4.78, 5) is 23.3. The van der Waals surface area contributed by atoms with E-state index in [0.29, 0.717) is 15.3 Å². The number of benzene rings is 1. The van der Waals surface area contributed by atoms with Crippen molar-refractivity contribution in [2.75, 3.05) is 0 Å². The van der Waals surface area contributed by atoms with Crippen LogP contribution in [-0.2, 0) is 0 Å². The molecule has 0 fully saturated rings. The first kappa shape index (κ1) is 13.6. The molecule has 5 nitrogen and oxygen atoms in total. The van der Waals surface area contributed by atoms with Gasteiger partial charge in [-0.2, -0.15) is 0 Å². The summed E-state index contributed by atoms with van der Waals surface area (Å²) in [7, 11) is 0. The highest BCUT2D eigenvalue weighted by atomic mass is 79.9. The van der Waals surface area contributed by atoms with Gasteiger partial charge in [0.25, 0.3) is 5.91 Å². The number of carbonyl (C=O) groups excluding carboxylic acids is 2. The lowest BCUT2D eigenvalue weighted by Crippen LogP contribution is -2.41. The number of amides is 2. The molecule has 19 heavy (non-hydrogen) atoms. The molecule has 2 N–H and O–H groups in total. The molecule has 7 heteroatoms. The maximum Gasteiger partial charge on any atom is 0.305 e. The zero-order chi connectivity index (χ0) is 13.8. The number of hydrazine groups is 1. The van der Waals surface area contributed by atoms with Gasteiger partial charge < -0.3 is 4.42 Å². The van der Waals surface area contributed by atoms with Crippen molar-refractivity contribution < 1.29 is 14.0 Å². The number of hydrogen-bond acceptors (Lipinski definition) is 3. The topological polar surface area (TPSA) is 71.3 Å². The molecule has 0 aliphatic rings. The van der Waals surface area contributed by atoms with Gasteiger partial charge in [0.05, 0.1) is 0 Å². The molecule has 0 bridgehead atoms. The van der Waals surface area contributed by atoms with Gasteiger partial charge in [-0.25, -0.2) is 0 Å². The molecule has 1 aromatic carbocycles. The normalized spacial score (nSPS) is 10.0. The molecule has 0 saturated carbocycles. The third kappa shape index (κ3) is 3.59. The minimum absolute atomic E-state index is 0.0864.